The second kappa shape index (κ2) is 9.58. The van der Waals surface area contributed by atoms with Crippen molar-refractivity contribution in [2.45, 2.75) is 25.8 Å². The molecule has 108 valence electrons. The maximum absolute atomic E-state index is 12.8. The Kier molecular flexibility index (Phi) is 8.91. The summed E-state index contributed by atoms with van der Waals surface area (Å²) in [6.07, 6.45) is 1.08. The van der Waals surface area contributed by atoms with Crippen LogP contribution in [-0.2, 0) is 4.79 Å². The highest BCUT2D eigenvalue weighted by atomic mass is 35.5. The van der Waals surface area contributed by atoms with Crippen molar-refractivity contribution in [3.63, 3.8) is 0 Å². The van der Waals surface area contributed by atoms with Crippen LogP contribution in [0.25, 0.3) is 0 Å². The van der Waals surface area contributed by atoms with Gasteiger partial charge in [0.1, 0.15) is 18.2 Å². The summed E-state index contributed by atoms with van der Waals surface area (Å²) in [5.74, 6) is 0.0726. The third kappa shape index (κ3) is 8.40. The fourth-order valence-corrected chi connectivity index (χ4v) is 1.36. The Bertz CT molecular complexity index is 389. The van der Waals surface area contributed by atoms with Gasteiger partial charge in [-0.3, -0.25) is 4.79 Å². The van der Waals surface area contributed by atoms with E-state index >= 15 is 0 Å². The largest absolute Gasteiger partial charge is 0.492 e. The molecule has 1 amide bonds. The smallest absolute Gasteiger partial charge is 0.220 e. The molecule has 0 saturated carbocycles. The zero-order valence-corrected chi connectivity index (χ0v) is 11.7. The van der Waals surface area contributed by atoms with Gasteiger partial charge < -0.3 is 15.8 Å². The SMILES string of the molecule is CC(N)CCC(=O)NCCOc1cccc(F)c1.Cl. The molecule has 0 fully saturated rings. The van der Waals surface area contributed by atoms with E-state index in [0.29, 0.717) is 31.7 Å². The summed E-state index contributed by atoms with van der Waals surface area (Å²) in [4.78, 5) is 11.3. The molecule has 6 heteroatoms. The summed E-state index contributed by atoms with van der Waals surface area (Å²) in [6, 6.07) is 5.92. The summed E-state index contributed by atoms with van der Waals surface area (Å²) in [5, 5.41) is 2.71. The van der Waals surface area contributed by atoms with E-state index in [1.807, 2.05) is 6.92 Å². The highest BCUT2D eigenvalue weighted by Gasteiger charge is 2.03. The average molecular weight is 291 g/mol. The zero-order chi connectivity index (χ0) is 13.4. The maximum atomic E-state index is 12.8. The lowest BCUT2D eigenvalue weighted by molar-refractivity contribution is -0.121. The van der Waals surface area contributed by atoms with E-state index in [9.17, 15) is 9.18 Å². The first-order valence-corrected chi connectivity index (χ1v) is 5.98. The Hall–Kier alpha value is -1.33. The van der Waals surface area contributed by atoms with Crippen LogP contribution in [0.15, 0.2) is 24.3 Å². The standard InChI is InChI=1S/C13H19FN2O2.ClH/c1-10(15)5-6-13(17)16-7-8-18-12-4-2-3-11(14)9-12;/h2-4,9-10H,5-8,15H2,1H3,(H,16,17);1H. The lowest BCUT2D eigenvalue weighted by Crippen LogP contribution is -2.29. The number of carbonyl (C=O) groups is 1. The van der Waals surface area contributed by atoms with E-state index in [-0.39, 0.29) is 30.2 Å². The molecule has 3 N–H and O–H groups in total. The number of ether oxygens (including phenoxy) is 1. The van der Waals surface area contributed by atoms with Crippen molar-refractivity contribution in [2.24, 2.45) is 5.73 Å². The maximum Gasteiger partial charge on any atom is 0.220 e. The molecule has 0 bridgehead atoms. The number of halogens is 2. The molecule has 0 heterocycles. The van der Waals surface area contributed by atoms with Crippen LogP contribution in [0.2, 0.25) is 0 Å². The lowest BCUT2D eigenvalue weighted by atomic mass is 10.2. The normalized spacial score (nSPS) is 11.3. The molecule has 0 saturated heterocycles. The lowest BCUT2D eigenvalue weighted by Gasteiger charge is -2.08. The van der Waals surface area contributed by atoms with Crippen LogP contribution < -0.4 is 15.8 Å². The summed E-state index contributed by atoms with van der Waals surface area (Å²) in [6.45, 7) is 2.57. The van der Waals surface area contributed by atoms with Gasteiger partial charge in [-0.2, -0.15) is 0 Å². The van der Waals surface area contributed by atoms with Gasteiger partial charge in [0.15, 0.2) is 0 Å². The van der Waals surface area contributed by atoms with Gasteiger partial charge in [0, 0.05) is 18.5 Å². The number of nitrogens with two attached hydrogens (primary N) is 1. The fraction of sp³-hybridized carbons (Fsp3) is 0.462. The molecule has 19 heavy (non-hydrogen) atoms. The van der Waals surface area contributed by atoms with Crippen molar-refractivity contribution in [2.75, 3.05) is 13.2 Å². The molecular weight excluding hydrogens is 271 g/mol. The number of rotatable bonds is 7. The third-order valence-corrected chi connectivity index (χ3v) is 2.32. The molecule has 1 aromatic carbocycles. The summed E-state index contributed by atoms with van der Waals surface area (Å²) >= 11 is 0. The molecular formula is C13H20ClFN2O2. The highest BCUT2D eigenvalue weighted by molar-refractivity contribution is 5.85. The van der Waals surface area contributed by atoms with Crippen LogP contribution in [0.4, 0.5) is 4.39 Å². The fourth-order valence-electron chi connectivity index (χ4n) is 1.36. The van der Waals surface area contributed by atoms with Crippen LogP contribution in [0.1, 0.15) is 19.8 Å². The molecule has 1 rings (SSSR count). The van der Waals surface area contributed by atoms with Crippen LogP contribution in [0.5, 0.6) is 5.75 Å². The van der Waals surface area contributed by atoms with Gasteiger partial charge in [-0.15, -0.1) is 12.4 Å². The van der Waals surface area contributed by atoms with Gasteiger partial charge in [0.2, 0.25) is 5.91 Å². The monoisotopic (exact) mass is 290 g/mol. The van der Waals surface area contributed by atoms with E-state index < -0.39 is 0 Å². The first-order valence-electron chi connectivity index (χ1n) is 5.98. The average Bonchev–Trinajstić information content (AvgIpc) is 2.32. The van der Waals surface area contributed by atoms with Gasteiger partial charge >= 0.3 is 0 Å². The molecule has 4 nitrogen and oxygen atoms in total. The van der Waals surface area contributed by atoms with E-state index in [1.165, 1.54) is 12.1 Å². The third-order valence-electron chi connectivity index (χ3n) is 2.32. The van der Waals surface area contributed by atoms with Crippen molar-refractivity contribution >= 4 is 18.3 Å². The molecule has 1 aromatic rings. The summed E-state index contributed by atoms with van der Waals surface area (Å²) < 4.78 is 18.1. The second-order valence-electron chi connectivity index (χ2n) is 4.17. The summed E-state index contributed by atoms with van der Waals surface area (Å²) in [7, 11) is 0. The van der Waals surface area contributed by atoms with E-state index in [1.54, 1.807) is 12.1 Å². The number of hydrogen-bond acceptors (Lipinski definition) is 3. The van der Waals surface area contributed by atoms with Crippen molar-refractivity contribution in [3.05, 3.63) is 30.1 Å². The Morgan fingerprint density at radius 2 is 2.26 bits per heavy atom. The van der Waals surface area contributed by atoms with Crippen LogP contribution in [0.3, 0.4) is 0 Å². The van der Waals surface area contributed by atoms with E-state index in [4.69, 9.17) is 10.5 Å². The minimum absolute atomic E-state index is 0. The molecule has 0 aromatic heterocycles. The second-order valence-corrected chi connectivity index (χ2v) is 4.17. The Morgan fingerprint density at radius 1 is 1.53 bits per heavy atom. The number of carbonyl (C=O) groups excluding carboxylic acids is 1. The van der Waals surface area contributed by atoms with E-state index in [2.05, 4.69) is 5.32 Å². The Labute approximate surface area is 118 Å². The predicted octanol–water partition coefficient (Wildman–Crippen LogP) is 1.87. The molecule has 0 radical (unpaired) electrons. The molecule has 0 aliphatic carbocycles. The molecule has 0 aliphatic heterocycles. The highest BCUT2D eigenvalue weighted by Crippen LogP contribution is 2.11. The van der Waals surface area contributed by atoms with Crippen LogP contribution >= 0.6 is 12.4 Å². The molecule has 1 atom stereocenters. The number of benzene rings is 1. The van der Waals surface area contributed by atoms with Crippen molar-refractivity contribution in [1.29, 1.82) is 0 Å². The van der Waals surface area contributed by atoms with Gasteiger partial charge in [-0.05, 0) is 25.5 Å². The number of hydrogen-bond donors (Lipinski definition) is 2. The number of nitrogens with one attached hydrogen (secondary N) is 1. The van der Waals surface area contributed by atoms with Gasteiger partial charge in [-0.25, -0.2) is 4.39 Å². The van der Waals surface area contributed by atoms with E-state index in [0.717, 1.165) is 0 Å². The molecule has 1 unspecified atom stereocenters. The zero-order valence-electron chi connectivity index (χ0n) is 10.9. The summed E-state index contributed by atoms with van der Waals surface area (Å²) in [5.41, 5.74) is 5.55. The Balaban J connectivity index is 0.00000324. The minimum atomic E-state index is -0.339. The molecule has 0 aliphatic rings. The quantitative estimate of drug-likeness (QED) is 0.754. The Morgan fingerprint density at radius 3 is 2.89 bits per heavy atom. The van der Waals surface area contributed by atoms with Crippen molar-refractivity contribution < 1.29 is 13.9 Å². The van der Waals surface area contributed by atoms with Crippen LogP contribution in [0, 0.1) is 5.82 Å². The van der Waals surface area contributed by atoms with Gasteiger partial charge in [0.05, 0.1) is 6.54 Å². The first kappa shape index (κ1) is 17.7. The minimum Gasteiger partial charge on any atom is -0.492 e. The first-order chi connectivity index (χ1) is 8.58. The number of amides is 1. The topological polar surface area (TPSA) is 64.4 Å². The van der Waals surface area contributed by atoms with Gasteiger partial charge in [0.25, 0.3) is 0 Å². The van der Waals surface area contributed by atoms with Crippen molar-refractivity contribution in [3.8, 4) is 5.75 Å². The molecule has 0 spiro atoms. The van der Waals surface area contributed by atoms with Gasteiger partial charge in [-0.1, -0.05) is 6.07 Å². The predicted molar refractivity (Wildman–Crippen MR) is 75.0 cm³/mol. The van der Waals surface area contributed by atoms with Crippen LogP contribution in [-0.4, -0.2) is 25.1 Å². The van der Waals surface area contributed by atoms with Crippen molar-refractivity contribution in [1.82, 2.24) is 5.32 Å².